The molecule has 0 aliphatic heterocycles. The molecule has 3 atom stereocenters. The van der Waals surface area contributed by atoms with Gasteiger partial charge in [0, 0.05) is 6.04 Å². The summed E-state index contributed by atoms with van der Waals surface area (Å²) in [6.07, 6.45) is 9.51. The van der Waals surface area contributed by atoms with E-state index in [1.165, 1.54) is 44.9 Å². The Bertz CT molecular complexity index is 184. The summed E-state index contributed by atoms with van der Waals surface area (Å²) in [5, 5.41) is 3.60. The van der Waals surface area contributed by atoms with Gasteiger partial charge >= 0.3 is 0 Å². The van der Waals surface area contributed by atoms with Crippen LogP contribution in [0.3, 0.4) is 0 Å². The van der Waals surface area contributed by atoms with Crippen molar-refractivity contribution in [3.05, 3.63) is 0 Å². The summed E-state index contributed by atoms with van der Waals surface area (Å²) in [5.74, 6) is 0.863. The smallest absolute Gasteiger partial charge is 0.0623 e. The Hall–Kier alpha value is -0.0800. The van der Waals surface area contributed by atoms with E-state index in [0.29, 0.717) is 12.1 Å². The third kappa shape index (κ3) is 6.42. The summed E-state index contributed by atoms with van der Waals surface area (Å²) < 4.78 is 6.10. The maximum Gasteiger partial charge on any atom is 0.0623 e. The monoisotopic (exact) mass is 241 g/mol. The SMILES string of the molecule is CCCNC(CCC)COC1CCCC(C)C1. The molecule has 0 aromatic rings. The number of hydrogen-bond donors (Lipinski definition) is 1. The zero-order valence-electron chi connectivity index (χ0n) is 12.0. The van der Waals surface area contributed by atoms with Crippen LogP contribution in [0.15, 0.2) is 0 Å². The number of nitrogens with one attached hydrogen (secondary N) is 1. The molecule has 102 valence electrons. The third-order valence-electron chi connectivity index (χ3n) is 3.74. The predicted molar refractivity (Wildman–Crippen MR) is 74.4 cm³/mol. The molecule has 17 heavy (non-hydrogen) atoms. The highest BCUT2D eigenvalue weighted by atomic mass is 16.5. The molecule has 0 aromatic heterocycles. The topological polar surface area (TPSA) is 21.3 Å². The first-order chi connectivity index (χ1) is 8.26. The minimum atomic E-state index is 0.529. The zero-order valence-corrected chi connectivity index (χ0v) is 12.0. The molecular formula is C15H31NO. The molecule has 0 amide bonds. The average molecular weight is 241 g/mol. The van der Waals surface area contributed by atoms with Gasteiger partial charge < -0.3 is 10.1 Å². The van der Waals surface area contributed by atoms with Gasteiger partial charge in [0.1, 0.15) is 0 Å². The fourth-order valence-electron chi connectivity index (χ4n) is 2.72. The normalized spacial score (nSPS) is 27.0. The van der Waals surface area contributed by atoms with Crippen molar-refractivity contribution in [1.29, 1.82) is 0 Å². The molecular weight excluding hydrogens is 210 g/mol. The van der Waals surface area contributed by atoms with Crippen molar-refractivity contribution in [3.8, 4) is 0 Å². The van der Waals surface area contributed by atoms with Gasteiger partial charge in [-0.2, -0.15) is 0 Å². The molecule has 0 heterocycles. The highest BCUT2D eigenvalue weighted by molar-refractivity contribution is 4.72. The van der Waals surface area contributed by atoms with E-state index in [4.69, 9.17) is 4.74 Å². The van der Waals surface area contributed by atoms with E-state index < -0.39 is 0 Å². The molecule has 1 fully saturated rings. The maximum atomic E-state index is 6.10. The molecule has 0 spiro atoms. The molecule has 2 nitrogen and oxygen atoms in total. The average Bonchev–Trinajstić information content (AvgIpc) is 2.33. The largest absolute Gasteiger partial charge is 0.377 e. The van der Waals surface area contributed by atoms with Gasteiger partial charge in [-0.3, -0.25) is 0 Å². The van der Waals surface area contributed by atoms with E-state index >= 15 is 0 Å². The van der Waals surface area contributed by atoms with Crippen molar-refractivity contribution in [2.45, 2.75) is 77.9 Å². The van der Waals surface area contributed by atoms with Crippen molar-refractivity contribution in [2.75, 3.05) is 13.2 Å². The summed E-state index contributed by atoms with van der Waals surface area (Å²) in [6, 6.07) is 0.567. The molecule has 3 unspecified atom stereocenters. The van der Waals surface area contributed by atoms with Gasteiger partial charge in [-0.1, -0.05) is 40.0 Å². The highest BCUT2D eigenvalue weighted by Crippen LogP contribution is 2.25. The Morgan fingerprint density at radius 3 is 2.71 bits per heavy atom. The molecule has 1 aliphatic rings. The number of rotatable bonds is 8. The second-order valence-corrected chi connectivity index (χ2v) is 5.67. The summed E-state index contributed by atoms with van der Waals surface area (Å²) in [4.78, 5) is 0. The highest BCUT2D eigenvalue weighted by Gasteiger charge is 2.20. The Morgan fingerprint density at radius 2 is 2.06 bits per heavy atom. The number of hydrogen-bond acceptors (Lipinski definition) is 2. The van der Waals surface area contributed by atoms with Crippen LogP contribution in [0.1, 0.15) is 65.7 Å². The van der Waals surface area contributed by atoms with Crippen LogP contribution in [0.4, 0.5) is 0 Å². The Morgan fingerprint density at radius 1 is 1.24 bits per heavy atom. The summed E-state index contributed by atoms with van der Waals surface area (Å²) in [6.45, 7) is 8.86. The van der Waals surface area contributed by atoms with Crippen LogP contribution in [0, 0.1) is 5.92 Å². The van der Waals surface area contributed by atoms with Gasteiger partial charge in [0.25, 0.3) is 0 Å². The first kappa shape index (κ1) is 15.0. The molecule has 0 saturated heterocycles. The molecule has 1 aliphatic carbocycles. The van der Waals surface area contributed by atoms with Crippen molar-refractivity contribution in [1.82, 2.24) is 5.32 Å². The fourth-order valence-corrected chi connectivity index (χ4v) is 2.72. The quantitative estimate of drug-likeness (QED) is 0.699. The van der Waals surface area contributed by atoms with E-state index in [1.54, 1.807) is 0 Å². The fraction of sp³-hybridized carbons (Fsp3) is 1.00. The summed E-state index contributed by atoms with van der Waals surface area (Å²) >= 11 is 0. The molecule has 1 rings (SSSR count). The van der Waals surface area contributed by atoms with Gasteiger partial charge in [0.05, 0.1) is 12.7 Å². The van der Waals surface area contributed by atoms with Gasteiger partial charge in [-0.15, -0.1) is 0 Å². The first-order valence-electron chi connectivity index (χ1n) is 7.61. The Kier molecular flexibility index (Phi) is 7.87. The summed E-state index contributed by atoms with van der Waals surface area (Å²) in [7, 11) is 0. The van der Waals surface area contributed by atoms with Crippen LogP contribution in [-0.2, 0) is 4.74 Å². The van der Waals surface area contributed by atoms with Crippen LogP contribution in [0.2, 0.25) is 0 Å². The van der Waals surface area contributed by atoms with Crippen LogP contribution in [-0.4, -0.2) is 25.3 Å². The molecule has 0 radical (unpaired) electrons. The molecule has 0 aromatic carbocycles. The second-order valence-electron chi connectivity index (χ2n) is 5.67. The van der Waals surface area contributed by atoms with Gasteiger partial charge in [-0.05, 0) is 38.1 Å². The van der Waals surface area contributed by atoms with Crippen LogP contribution in [0.5, 0.6) is 0 Å². The van der Waals surface area contributed by atoms with Gasteiger partial charge in [0.2, 0.25) is 0 Å². The zero-order chi connectivity index (χ0) is 12.5. The lowest BCUT2D eigenvalue weighted by Gasteiger charge is -2.28. The lowest BCUT2D eigenvalue weighted by atomic mass is 9.89. The van der Waals surface area contributed by atoms with E-state index in [9.17, 15) is 0 Å². The van der Waals surface area contributed by atoms with Crippen LogP contribution in [0.25, 0.3) is 0 Å². The van der Waals surface area contributed by atoms with E-state index in [-0.39, 0.29) is 0 Å². The van der Waals surface area contributed by atoms with Crippen LogP contribution < -0.4 is 5.32 Å². The van der Waals surface area contributed by atoms with Gasteiger partial charge in [0.15, 0.2) is 0 Å². The first-order valence-corrected chi connectivity index (χ1v) is 7.61. The molecule has 1 N–H and O–H groups in total. The van der Waals surface area contributed by atoms with Crippen molar-refractivity contribution in [2.24, 2.45) is 5.92 Å². The summed E-state index contributed by atoms with van der Waals surface area (Å²) in [5.41, 5.74) is 0. The minimum absolute atomic E-state index is 0.529. The lowest BCUT2D eigenvalue weighted by Crippen LogP contribution is -2.36. The Labute approximate surface area is 108 Å². The minimum Gasteiger partial charge on any atom is -0.377 e. The molecule has 2 heteroatoms. The Balaban J connectivity index is 2.19. The second kappa shape index (κ2) is 8.93. The van der Waals surface area contributed by atoms with Crippen molar-refractivity contribution >= 4 is 0 Å². The predicted octanol–water partition coefficient (Wildman–Crippen LogP) is 3.75. The third-order valence-corrected chi connectivity index (χ3v) is 3.74. The van der Waals surface area contributed by atoms with Gasteiger partial charge in [-0.25, -0.2) is 0 Å². The van der Waals surface area contributed by atoms with E-state index in [2.05, 4.69) is 26.1 Å². The number of ether oxygens (including phenoxy) is 1. The van der Waals surface area contributed by atoms with Crippen molar-refractivity contribution < 1.29 is 4.74 Å². The molecule has 0 bridgehead atoms. The lowest BCUT2D eigenvalue weighted by molar-refractivity contribution is 0.00324. The van der Waals surface area contributed by atoms with E-state index in [1.807, 2.05) is 0 Å². The molecule has 1 saturated carbocycles. The van der Waals surface area contributed by atoms with Crippen molar-refractivity contribution in [3.63, 3.8) is 0 Å². The van der Waals surface area contributed by atoms with E-state index in [0.717, 1.165) is 19.1 Å². The standard InChI is InChI=1S/C15H31NO/c1-4-7-14(16-10-5-2)12-17-15-9-6-8-13(3)11-15/h13-16H,4-12H2,1-3H3. The van der Waals surface area contributed by atoms with Crippen LogP contribution >= 0.6 is 0 Å². The maximum absolute atomic E-state index is 6.10.